The number of sulfonamides is 1. The average Bonchev–Trinajstić information content (AvgIpc) is 3.42. The molecule has 2 N–H and O–H groups in total. The minimum absolute atomic E-state index is 0.0601. The molecule has 1 unspecified atom stereocenters. The molecule has 2 heterocycles. The molecule has 0 bridgehead atoms. The highest BCUT2D eigenvalue weighted by Crippen LogP contribution is 2.36. The number of thiophene rings is 1. The van der Waals surface area contributed by atoms with Crippen LogP contribution in [0.5, 0.6) is 0 Å². The number of nitrogens with two attached hydrogens (primary N) is 1. The van der Waals surface area contributed by atoms with E-state index < -0.39 is 22.0 Å². The first-order valence-electron chi connectivity index (χ1n) is 11.6. The Labute approximate surface area is 233 Å². The van der Waals surface area contributed by atoms with Crippen LogP contribution in [-0.4, -0.2) is 27.5 Å². The molecule has 2 aromatic carbocycles. The van der Waals surface area contributed by atoms with Crippen molar-refractivity contribution in [1.82, 2.24) is 0 Å². The maximum Gasteiger partial charge on any atom is 0.374 e. The Kier molecular flexibility index (Phi) is 8.35. The number of benzene rings is 2. The van der Waals surface area contributed by atoms with Gasteiger partial charge in [-0.1, -0.05) is 11.6 Å². The van der Waals surface area contributed by atoms with Gasteiger partial charge in [0.15, 0.2) is 0 Å². The second-order valence-electron chi connectivity index (χ2n) is 8.32. The topological polar surface area (TPSA) is 103 Å². The maximum atomic E-state index is 13.9. The van der Waals surface area contributed by atoms with Gasteiger partial charge in [-0.15, -0.1) is 11.3 Å². The Bertz CT molecular complexity index is 1560. The molecule has 1 atom stereocenters. The molecule has 2 aromatic heterocycles. The molecule has 0 aliphatic heterocycles. The summed E-state index contributed by atoms with van der Waals surface area (Å²) in [6, 6.07) is 13.1. The van der Waals surface area contributed by atoms with Crippen LogP contribution in [0.2, 0.25) is 5.02 Å². The van der Waals surface area contributed by atoms with Crippen molar-refractivity contribution in [3.05, 3.63) is 79.1 Å². The molecule has 0 aliphatic carbocycles. The Hall–Kier alpha value is -2.37. The van der Waals surface area contributed by atoms with Crippen molar-refractivity contribution in [2.75, 3.05) is 17.5 Å². The molecule has 0 saturated heterocycles. The van der Waals surface area contributed by atoms with Gasteiger partial charge in [-0.2, -0.15) is 0 Å². The lowest BCUT2D eigenvalue weighted by molar-refractivity contribution is 0.0491. The Morgan fingerprint density at radius 3 is 2.59 bits per heavy atom. The number of hydrogen-bond donors (Lipinski definition) is 1. The monoisotopic (exact) mass is 624 g/mol. The standard InChI is InChI=1S/C26H26BrClN2O5S2/c1-4-30(22-9-6-16(28)12-20(22)21(29)13-17-7-11-24(27)36-17)37(32,33)18-8-10-23-19(14-18)15(3)25(35-23)26(31)34-5-2/h6-12,14,21H,4-5,13,29H2,1-3H3. The van der Waals surface area contributed by atoms with Crippen molar-refractivity contribution in [1.29, 1.82) is 0 Å². The predicted molar refractivity (Wildman–Crippen MR) is 151 cm³/mol. The molecular formula is C26H26BrClN2O5S2. The summed E-state index contributed by atoms with van der Waals surface area (Å²) in [5.74, 6) is -0.529. The van der Waals surface area contributed by atoms with Crippen LogP contribution in [0.25, 0.3) is 11.0 Å². The van der Waals surface area contributed by atoms with Gasteiger partial charge in [-0.3, -0.25) is 4.31 Å². The number of rotatable bonds is 9. The van der Waals surface area contributed by atoms with Crippen molar-refractivity contribution in [2.45, 2.75) is 38.1 Å². The summed E-state index contributed by atoms with van der Waals surface area (Å²) >= 11 is 11.3. The van der Waals surface area contributed by atoms with Crippen LogP contribution in [-0.2, 0) is 21.2 Å². The number of ether oxygens (including phenoxy) is 1. The fraction of sp³-hybridized carbons (Fsp3) is 0.269. The third kappa shape index (κ3) is 5.58. The molecule has 0 radical (unpaired) electrons. The first-order valence-corrected chi connectivity index (χ1v) is 15.0. The minimum Gasteiger partial charge on any atom is -0.460 e. The lowest BCUT2D eigenvalue weighted by Crippen LogP contribution is -2.32. The van der Waals surface area contributed by atoms with Crippen molar-refractivity contribution in [3.63, 3.8) is 0 Å². The number of carbonyl (C=O) groups is 1. The van der Waals surface area contributed by atoms with Crippen molar-refractivity contribution in [3.8, 4) is 0 Å². The molecule has 11 heteroatoms. The molecule has 0 amide bonds. The van der Waals surface area contributed by atoms with E-state index in [4.69, 9.17) is 26.5 Å². The van der Waals surface area contributed by atoms with E-state index >= 15 is 0 Å². The number of carbonyl (C=O) groups excluding carboxylic acids is 1. The zero-order valence-electron chi connectivity index (χ0n) is 20.5. The molecule has 37 heavy (non-hydrogen) atoms. The molecule has 4 aromatic rings. The lowest BCUT2D eigenvalue weighted by atomic mass is 10.0. The highest BCUT2D eigenvalue weighted by molar-refractivity contribution is 9.11. The molecule has 0 aliphatic rings. The fourth-order valence-corrected chi connectivity index (χ4v) is 7.43. The zero-order chi connectivity index (χ0) is 26.9. The number of aryl methyl sites for hydroxylation is 1. The number of nitrogens with zero attached hydrogens (tertiary/aromatic N) is 1. The van der Waals surface area contributed by atoms with Crippen molar-refractivity contribution < 1.29 is 22.4 Å². The van der Waals surface area contributed by atoms with Gasteiger partial charge in [-0.05, 0) is 90.8 Å². The third-order valence-electron chi connectivity index (χ3n) is 5.95. The quantitative estimate of drug-likeness (QED) is 0.204. The predicted octanol–water partition coefficient (Wildman–Crippen LogP) is 6.85. The molecule has 4 rings (SSSR count). The van der Waals surface area contributed by atoms with Crippen LogP contribution in [0.3, 0.4) is 0 Å². The Morgan fingerprint density at radius 2 is 1.95 bits per heavy atom. The molecule has 196 valence electrons. The summed E-state index contributed by atoms with van der Waals surface area (Å²) in [7, 11) is -4.00. The van der Waals surface area contributed by atoms with Crippen LogP contribution in [0.4, 0.5) is 5.69 Å². The summed E-state index contributed by atoms with van der Waals surface area (Å²) in [5.41, 5.74) is 8.60. The second kappa shape index (κ2) is 11.2. The lowest BCUT2D eigenvalue weighted by Gasteiger charge is -2.27. The van der Waals surface area contributed by atoms with Crippen LogP contribution in [0.1, 0.15) is 46.4 Å². The molecule has 7 nitrogen and oxygen atoms in total. The van der Waals surface area contributed by atoms with Crippen LogP contribution in [0, 0.1) is 6.92 Å². The van der Waals surface area contributed by atoms with E-state index in [1.807, 2.05) is 12.1 Å². The van der Waals surface area contributed by atoms with Crippen molar-refractivity contribution >= 4 is 71.5 Å². The van der Waals surface area contributed by atoms with E-state index in [9.17, 15) is 13.2 Å². The number of esters is 1. The summed E-state index contributed by atoms with van der Waals surface area (Å²) in [5, 5.41) is 0.994. The van der Waals surface area contributed by atoms with Gasteiger partial charge in [-0.25, -0.2) is 13.2 Å². The summed E-state index contributed by atoms with van der Waals surface area (Å²) in [4.78, 5) is 13.4. The van der Waals surface area contributed by atoms with Gasteiger partial charge >= 0.3 is 5.97 Å². The van der Waals surface area contributed by atoms with E-state index in [1.165, 1.54) is 16.4 Å². The SMILES string of the molecule is CCOC(=O)c1oc2ccc(S(=O)(=O)N(CC)c3ccc(Cl)cc3C(N)Cc3ccc(Br)s3)cc2c1C. The Morgan fingerprint density at radius 1 is 1.19 bits per heavy atom. The van der Waals surface area contributed by atoms with E-state index in [0.29, 0.717) is 39.2 Å². The smallest absolute Gasteiger partial charge is 0.374 e. The Balaban J connectivity index is 1.75. The van der Waals surface area contributed by atoms with E-state index in [2.05, 4.69) is 15.9 Å². The normalized spacial score (nSPS) is 12.6. The molecule has 0 saturated carbocycles. The van der Waals surface area contributed by atoms with Crippen LogP contribution >= 0.6 is 38.9 Å². The summed E-state index contributed by atoms with van der Waals surface area (Å²) in [6.07, 6.45) is 0.526. The largest absolute Gasteiger partial charge is 0.460 e. The second-order valence-corrected chi connectivity index (χ2v) is 13.2. The number of anilines is 1. The van der Waals surface area contributed by atoms with Gasteiger partial charge < -0.3 is 14.9 Å². The maximum absolute atomic E-state index is 13.9. The summed E-state index contributed by atoms with van der Waals surface area (Å²) in [6.45, 7) is 5.54. The first-order chi connectivity index (χ1) is 17.6. The van der Waals surface area contributed by atoms with Gasteiger partial charge in [0.05, 0.1) is 21.0 Å². The van der Waals surface area contributed by atoms with E-state index in [1.54, 1.807) is 56.4 Å². The highest BCUT2D eigenvalue weighted by atomic mass is 79.9. The molecule has 0 fully saturated rings. The van der Waals surface area contributed by atoms with Gasteiger partial charge in [0.25, 0.3) is 10.0 Å². The first kappa shape index (κ1) is 27.7. The third-order valence-corrected chi connectivity index (χ3v) is 9.72. The number of hydrogen-bond acceptors (Lipinski definition) is 7. The number of furan rings is 1. The summed E-state index contributed by atoms with van der Waals surface area (Å²) < 4.78 is 40.9. The van der Waals surface area contributed by atoms with Crippen LogP contribution < -0.4 is 10.0 Å². The number of fused-ring (bicyclic) bond motifs is 1. The van der Waals surface area contributed by atoms with Crippen LogP contribution in [0.15, 0.2) is 61.6 Å². The zero-order valence-corrected chi connectivity index (χ0v) is 24.4. The van der Waals surface area contributed by atoms with E-state index in [-0.39, 0.29) is 23.8 Å². The van der Waals surface area contributed by atoms with Crippen molar-refractivity contribution in [2.24, 2.45) is 5.73 Å². The minimum atomic E-state index is -4.00. The van der Waals surface area contributed by atoms with Gasteiger partial charge in [0, 0.05) is 39.9 Å². The van der Waals surface area contributed by atoms with Gasteiger partial charge in [0.2, 0.25) is 5.76 Å². The highest BCUT2D eigenvalue weighted by Gasteiger charge is 2.29. The van der Waals surface area contributed by atoms with E-state index in [0.717, 1.165) is 8.66 Å². The molecular weight excluding hydrogens is 600 g/mol. The van der Waals surface area contributed by atoms with Gasteiger partial charge in [0.1, 0.15) is 5.58 Å². The fourth-order valence-electron chi connectivity index (χ4n) is 4.19. The molecule has 0 spiro atoms. The average molecular weight is 626 g/mol. The number of halogens is 2.